The molecule has 7 heteroatoms. The number of carbonyl (C=O) groups excluding carboxylic acids is 1. The van der Waals surface area contributed by atoms with Crippen molar-refractivity contribution in [1.82, 2.24) is 5.32 Å². The van der Waals surface area contributed by atoms with Gasteiger partial charge >= 0.3 is 0 Å². The number of nitrogens with one attached hydrogen (secondary N) is 2. The second kappa shape index (κ2) is 5.90. The zero-order valence-electron chi connectivity index (χ0n) is 9.20. The van der Waals surface area contributed by atoms with Gasteiger partial charge in [0.15, 0.2) is 11.5 Å². The zero-order valence-corrected chi connectivity index (χ0v) is 9.20. The molecule has 0 aliphatic heterocycles. The molecule has 0 heterocycles. The summed E-state index contributed by atoms with van der Waals surface area (Å²) in [5, 5.41) is 15.6. The van der Waals surface area contributed by atoms with E-state index >= 15 is 0 Å². The predicted molar refractivity (Wildman–Crippen MR) is 60.2 cm³/mol. The maximum absolute atomic E-state index is 13.4. The third-order valence-corrected chi connectivity index (χ3v) is 2.05. The average molecular weight is 241 g/mol. The van der Waals surface area contributed by atoms with E-state index in [2.05, 4.69) is 10.6 Å². The molecule has 1 amide bonds. The quantitative estimate of drug-likeness (QED) is 0.600. The van der Waals surface area contributed by atoms with Gasteiger partial charge in [-0.3, -0.25) is 14.9 Å². The molecule has 2 N–H and O–H groups in total. The summed E-state index contributed by atoms with van der Waals surface area (Å²) in [7, 11) is 1.67. The number of nitro benzene ring substituents is 1. The van der Waals surface area contributed by atoms with Crippen molar-refractivity contribution in [1.29, 1.82) is 0 Å². The number of para-hydroxylation sites is 1. The van der Waals surface area contributed by atoms with Crippen LogP contribution in [0.4, 0.5) is 15.8 Å². The normalized spacial score (nSPS) is 10.0. The van der Waals surface area contributed by atoms with Crippen LogP contribution in [0.1, 0.15) is 6.42 Å². The smallest absolute Gasteiger partial charge is 0.295 e. The van der Waals surface area contributed by atoms with Gasteiger partial charge < -0.3 is 10.6 Å². The van der Waals surface area contributed by atoms with Gasteiger partial charge in [0.1, 0.15) is 0 Å². The highest BCUT2D eigenvalue weighted by Gasteiger charge is 2.19. The van der Waals surface area contributed by atoms with E-state index in [0.717, 1.165) is 12.1 Å². The van der Waals surface area contributed by atoms with Crippen LogP contribution in [0.2, 0.25) is 0 Å². The van der Waals surface area contributed by atoms with Crippen LogP contribution >= 0.6 is 0 Å². The van der Waals surface area contributed by atoms with Gasteiger partial charge in [-0.25, -0.2) is 4.39 Å². The van der Waals surface area contributed by atoms with Crippen LogP contribution in [-0.2, 0) is 4.79 Å². The number of carbonyl (C=O) groups is 1. The highest BCUT2D eigenvalue weighted by atomic mass is 19.1. The van der Waals surface area contributed by atoms with Gasteiger partial charge in [-0.1, -0.05) is 6.07 Å². The van der Waals surface area contributed by atoms with Crippen LogP contribution in [-0.4, -0.2) is 24.4 Å². The number of hydrogen-bond donors (Lipinski definition) is 2. The monoisotopic (exact) mass is 241 g/mol. The third-order valence-electron chi connectivity index (χ3n) is 2.05. The molecule has 0 aliphatic carbocycles. The van der Waals surface area contributed by atoms with Crippen molar-refractivity contribution in [3.8, 4) is 0 Å². The molecule has 0 bridgehead atoms. The zero-order chi connectivity index (χ0) is 12.8. The Hall–Kier alpha value is -2.02. The number of halogens is 1. The second-order valence-corrected chi connectivity index (χ2v) is 3.29. The molecule has 0 spiro atoms. The molecule has 6 nitrogen and oxygen atoms in total. The molecular weight excluding hydrogens is 229 g/mol. The van der Waals surface area contributed by atoms with Crippen LogP contribution in [0.15, 0.2) is 18.2 Å². The first kappa shape index (κ1) is 13.0. The van der Waals surface area contributed by atoms with Crippen molar-refractivity contribution in [3.63, 3.8) is 0 Å². The lowest BCUT2D eigenvalue weighted by Crippen LogP contribution is -2.19. The lowest BCUT2D eigenvalue weighted by Gasteiger charge is -2.06. The Morgan fingerprint density at radius 3 is 2.82 bits per heavy atom. The maximum Gasteiger partial charge on any atom is 0.295 e. The second-order valence-electron chi connectivity index (χ2n) is 3.29. The first-order valence-corrected chi connectivity index (χ1v) is 4.93. The number of rotatable bonds is 5. The SMILES string of the molecule is CNCCC(=O)Nc1c(F)cccc1[N+](=O)[O-]. The number of anilines is 1. The first-order chi connectivity index (χ1) is 8.06. The molecule has 17 heavy (non-hydrogen) atoms. The summed E-state index contributed by atoms with van der Waals surface area (Å²) >= 11 is 0. The third kappa shape index (κ3) is 3.49. The molecule has 0 aliphatic rings. The summed E-state index contributed by atoms with van der Waals surface area (Å²) in [6.45, 7) is 0.411. The summed E-state index contributed by atoms with van der Waals surface area (Å²) in [4.78, 5) is 21.3. The Morgan fingerprint density at radius 1 is 1.53 bits per heavy atom. The minimum Gasteiger partial charge on any atom is -0.319 e. The lowest BCUT2D eigenvalue weighted by atomic mass is 10.2. The Labute approximate surface area is 97.0 Å². The van der Waals surface area contributed by atoms with Crippen molar-refractivity contribution in [2.75, 3.05) is 18.9 Å². The molecule has 0 saturated heterocycles. The molecule has 0 atom stereocenters. The van der Waals surface area contributed by atoms with Gasteiger partial charge in [-0.05, 0) is 13.1 Å². The first-order valence-electron chi connectivity index (χ1n) is 4.93. The topological polar surface area (TPSA) is 84.3 Å². The van der Waals surface area contributed by atoms with E-state index in [1.54, 1.807) is 7.05 Å². The minimum atomic E-state index is -0.822. The van der Waals surface area contributed by atoms with Crippen LogP contribution in [0, 0.1) is 15.9 Å². The number of benzene rings is 1. The standard InChI is InChI=1S/C10H12FN3O3/c1-12-6-5-9(15)13-10-7(11)3-2-4-8(10)14(16)17/h2-4,12H,5-6H2,1H3,(H,13,15). The fraction of sp³-hybridized carbons (Fsp3) is 0.300. The van der Waals surface area contributed by atoms with Crippen molar-refractivity contribution < 1.29 is 14.1 Å². The average Bonchev–Trinajstić information content (AvgIpc) is 2.28. The van der Waals surface area contributed by atoms with E-state index in [1.807, 2.05) is 0 Å². The van der Waals surface area contributed by atoms with E-state index in [9.17, 15) is 19.3 Å². The highest BCUT2D eigenvalue weighted by molar-refractivity contribution is 5.93. The summed E-state index contributed by atoms with van der Waals surface area (Å²) in [6, 6.07) is 3.41. The largest absolute Gasteiger partial charge is 0.319 e. The Bertz CT molecular complexity index is 437. The van der Waals surface area contributed by atoms with Gasteiger partial charge in [-0.15, -0.1) is 0 Å². The van der Waals surface area contributed by atoms with Gasteiger partial charge in [-0.2, -0.15) is 0 Å². The molecule has 1 rings (SSSR count). The van der Waals surface area contributed by atoms with E-state index in [4.69, 9.17) is 0 Å². The molecule has 0 radical (unpaired) electrons. The van der Waals surface area contributed by atoms with Gasteiger partial charge in [0.25, 0.3) is 5.69 Å². The Balaban J connectivity index is 2.89. The van der Waals surface area contributed by atoms with Crippen molar-refractivity contribution in [3.05, 3.63) is 34.1 Å². The molecule has 1 aromatic rings. The Morgan fingerprint density at radius 2 is 2.24 bits per heavy atom. The van der Waals surface area contributed by atoms with Crippen LogP contribution in [0.25, 0.3) is 0 Å². The van der Waals surface area contributed by atoms with Crippen LogP contribution in [0.3, 0.4) is 0 Å². The molecule has 0 unspecified atom stereocenters. The number of nitro groups is 1. The number of hydrogen-bond acceptors (Lipinski definition) is 4. The maximum atomic E-state index is 13.4. The fourth-order valence-electron chi connectivity index (χ4n) is 1.23. The van der Waals surface area contributed by atoms with Gasteiger partial charge in [0, 0.05) is 19.0 Å². The van der Waals surface area contributed by atoms with Crippen LogP contribution < -0.4 is 10.6 Å². The van der Waals surface area contributed by atoms with E-state index in [0.29, 0.717) is 6.54 Å². The summed E-state index contributed by atoms with van der Waals surface area (Å²) in [5.74, 6) is -1.30. The highest BCUT2D eigenvalue weighted by Crippen LogP contribution is 2.26. The van der Waals surface area contributed by atoms with Crippen molar-refractivity contribution >= 4 is 17.3 Å². The molecule has 0 fully saturated rings. The van der Waals surface area contributed by atoms with Crippen molar-refractivity contribution in [2.45, 2.75) is 6.42 Å². The number of nitrogens with zero attached hydrogens (tertiary/aromatic N) is 1. The van der Waals surface area contributed by atoms with E-state index in [-0.39, 0.29) is 6.42 Å². The van der Waals surface area contributed by atoms with Gasteiger partial charge in [0.05, 0.1) is 4.92 Å². The minimum absolute atomic E-state index is 0.113. The summed E-state index contributed by atoms with van der Waals surface area (Å²) in [5.41, 5.74) is -0.846. The summed E-state index contributed by atoms with van der Waals surface area (Å²) in [6.07, 6.45) is 0.113. The van der Waals surface area contributed by atoms with Crippen molar-refractivity contribution in [2.24, 2.45) is 0 Å². The molecule has 92 valence electrons. The summed E-state index contributed by atoms with van der Waals surface area (Å²) < 4.78 is 13.4. The van der Waals surface area contributed by atoms with Crippen LogP contribution in [0.5, 0.6) is 0 Å². The molecule has 0 saturated carbocycles. The molecule has 0 aromatic heterocycles. The van der Waals surface area contributed by atoms with E-state index in [1.165, 1.54) is 6.07 Å². The molecule has 1 aromatic carbocycles. The Kier molecular flexibility index (Phi) is 4.53. The number of amides is 1. The fourth-order valence-corrected chi connectivity index (χ4v) is 1.23. The molecular formula is C10H12FN3O3. The van der Waals surface area contributed by atoms with E-state index < -0.39 is 28.0 Å². The lowest BCUT2D eigenvalue weighted by molar-refractivity contribution is -0.384. The van der Waals surface area contributed by atoms with Gasteiger partial charge in [0.2, 0.25) is 5.91 Å². The predicted octanol–water partition coefficient (Wildman–Crippen LogP) is 1.28.